The van der Waals surface area contributed by atoms with Gasteiger partial charge in [0, 0.05) is 23.9 Å². The number of carbonyl (C=O) groups is 1. The van der Waals surface area contributed by atoms with E-state index in [1.807, 2.05) is 36.4 Å². The van der Waals surface area contributed by atoms with E-state index in [2.05, 4.69) is 10.3 Å². The van der Waals surface area contributed by atoms with Gasteiger partial charge in [-0.25, -0.2) is 4.98 Å². The standard InChI is InChI=1S/C25H23N3O3/c26-16-18-6-15-24(27-17-18)31-23-13-9-20(10-14-23)28-25(29)19-7-11-22(12-8-19)30-21-4-2-1-3-5-21/h1-8,11-12,15,17,20,23H,9-10,13-14H2,(H,28,29). The van der Waals surface area contributed by atoms with Crippen LogP contribution in [0.5, 0.6) is 17.4 Å². The van der Waals surface area contributed by atoms with E-state index < -0.39 is 0 Å². The lowest BCUT2D eigenvalue weighted by Crippen LogP contribution is -2.39. The van der Waals surface area contributed by atoms with Gasteiger partial charge in [0.1, 0.15) is 23.7 Å². The van der Waals surface area contributed by atoms with E-state index in [1.54, 1.807) is 36.4 Å². The number of para-hydroxylation sites is 1. The molecule has 4 rings (SSSR count). The molecule has 0 saturated heterocycles. The lowest BCUT2D eigenvalue weighted by Gasteiger charge is -2.29. The molecule has 1 heterocycles. The number of nitrogens with one attached hydrogen (secondary N) is 1. The zero-order valence-corrected chi connectivity index (χ0v) is 17.0. The number of ether oxygens (including phenoxy) is 2. The van der Waals surface area contributed by atoms with Crippen LogP contribution in [0.15, 0.2) is 72.9 Å². The van der Waals surface area contributed by atoms with Crippen molar-refractivity contribution in [2.24, 2.45) is 0 Å². The average Bonchev–Trinajstić information content (AvgIpc) is 2.82. The highest BCUT2D eigenvalue weighted by molar-refractivity contribution is 5.94. The van der Waals surface area contributed by atoms with Crippen LogP contribution in [0.4, 0.5) is 0 Å². The van der Waals surface area contributed by atoms with Crippen LogP contribution in [0.25, 0.3) is 0 Å². The van der Waals surface area contributed by atoms with E-state index in [-0.39, 0.29) is 18.1 Å². The zero-order chi connectivity index (χ0) is 21.5. The van der Waals surface area contributed by atoms with Gasteiger partial charge in [-0.05, 0) is 68.1 Å². The molecular formula is C25H23N3O3. The topological polar surface area (TPSA) is 84.2 Å². The molecule has 3 aromatic rings. The fraction of sp³-hybridized carbons (Fsp3) is 0.240. The van der Waals surface area contributed by atoms with Crippen molar-refractivity contribution in [3.05, 3.63) is 84.1 Å². The van der Waals surface area contributed by atoms with E-state index in [4.69, 9.17) is 14.7 Å². The summed E-state index contributed by atoms with van der Waals surface area (Å²) in [5.74, 6) is 1.90. The van der Waals surface area contributed by atoms with Crippen molar-refractivity contribution in [1.82, 2.24) is 10.3 Å². The molecule has 0 aliphatic heterocycles. The van der Waals surface area contributed by atoms with Crippen LogP contribution < -0.4 is 14.8 Å². The Hall–Kier alpha value is -3.85. The third-order valence-electron chi connectivity index (χ3n) is 5.26. The number of rotatable bonds is 6. The Labute approximate surface area is 181 Å². The Morgan fingerprint density at radius 3 is 2.29 bits per heavy atom. The molecule has 1 aromatic heterocycles. The number of nitriles is 1. The first-order valence-corrected chi connectivity index (χ1v) is 10.4. The molecule has 0 bridgehead atoms. The summed E-state index contributed by atoms with van der Waals surface area (Å²) in [6.07, 6.45) is 4.97. The first-order chi connectivity index (χ1) is 15.2. The first-order valence-electron chi connectivity index (χ1n) is 10.4. The SMILES string of the molecule is N#Cc1ccc(OC2CCC(NC(=O)c3ccc(Oc4ccccc4)cc3)CC2)nc1. The third kappa shape index (κ3) is 5.61. The predicted octanol–water partition coefficient (Wildman–Crippen LogP) is 4.87. The molecule has 0 radical (unpaired) electrons. The van der Waals surface area contributed by atoms with Crippen LogP contribution in [0.3, 0.4) is 0 Å². The monoisotopic (exact) mass is 413 g/mol. The molecule has 1 saturated carbocycles. The predicted molar refractivity (Wildman–Crippen MR) is 116 cm³/mol. The molecule has 1 N–H and O–H groups in total. The van der Waals surface area contributed by atoms with Crippen LogP contribution in [0, 0.1) is 11.3 Å². The highest BCUT2D eigenvalue weighted by Gasteiger charge is 2.24. The molecule has 156 valence electrons. The maximum Gasteiger partial charge on any atom is 0.251 e. The van der Waals surface area contributed by atoms with Crippen LogP contribution in [-0.4, -0.2) is 23.0 Å². The summed E-state index contributed by atoms with van der Waals surface area (Å²) in [6.45, 7) is 0. The first kappa shape index (κ1) is 20.4. The molecule has 1 aliphatic rings. The molecule has 1 amide bonds. The van der Waals surface area contributed by atoms with Gasteiger partial charge in [-0.3, -0.25) is 4.79 Å². The maximum atomic E-state index is 12.6. The molecule has 6 nitrogen and oxygen atoms in total. The van der Waals surface area contributed by atoms with Gasteiger partial charge in [-0.2, -0.15) is 5.26 Å². The second-order valence-corrected chi connectivity index (χ2v) is 7.50. The molecule has 0 spiro atoms. The maximum absolute atomic E-state index is 12.6. The van der Waals surface area contributed by atoms with Crippen molar-refractivity contribution in [1.29, 1.82) is 5.26 Å². The van der Waals surface area contributed by atoms with E-state index in [0.29, 0.717) is 22.8 Å². The lowest BCUT2D eigenvalue weighted by molar-refractivity contribution is 0.0890. The van der Waals surface area contributed by atoms with Crippen molar-refractivity contribution < 1.29 is 14.3 Å². The molecule has 1 fully saturated rings. The summed E-state index contributed by atoms with van der Waals surface area (Å²) in [6, 6.07) is 22.3. The Balaban J connectivity index is 1.24. The molecule has 2 aromatic carbocycles. The third-order valence-corrected chi connectivity index (χ3v) is 5.26. The Morgan fingerprint density at radius 1 is 0.935 bits per heavy atom. The average molecular weight is 413 g/mol. The van der Waals surface area contributed by atoms with E-state index in [9.17, 15) is 4.79 Å². The fourth-order valence-electron chi connectivity index (χ4n) is 3.58. The Kier molecular flexibility index (Phi) is 6.44. The quantitative estimate of drug-likeness (QED) is 0.623. The minimum atomic E-state index is -0.0793. The minimum Gasteiger partial charge on any atom is -0.474 e. The summed E-state index contributed by atoms with van der Waals surface area (Å²) >= 11 is 0. The summed E-state index contributed by atoms with van der Waals surface area (Å²) < 4.78 is 11.7. The fourth-order valence-corrected chi connectivity index (χ4v) is 3.58. The second kappa shape index (κ2) is 9.77. The van der Waals surface area contributed by atoms with Gasteiger partial charge in [-0.1, -0.05) is 18.2 Å². The van der Waals surface area contributed by atoms with Crippen LogP contribution in [0.1, 0.15) is 41.6 Å². The number of nitrogens with zero attached hydrogens (tertiary/aromatic N) is 2. The van der Waals surface area contributed by atoms with Gasteiger partial charge >= 0.3 is 0 Å². The van der Waals surface area contributed by atoms with Gasteiger partial charge in [0.05, 0.1) is 5.56 Å². The highest BCUT2D eigenvalue weighted by Crippen LogP contribution is 2.24. The summed E-state index contributed by atoms with van der Waals surface area (Å²) in [7, 11) is 0. The van der Waals surface area contributed by atoms with Crippen molar-refractivity contribution in [3.8, 4) is 23.4 Å². The number of benzene rings is 2. The van der Waals surface area contributed by atoms with E-state index >= 15 is 0 Å². The molecule has 31 heavy (non-hydrogen) atoms. The largest absolute Gasteiger partial charge is 0.474 e. The summed E-state index contributed by atoms with van der Waals surface area (Å²) in [5.41, 5.74) is 1.12. The number of amides is 1. The smallest absolute Gasteiger partial charge is 0.251 e. The van der Waals surface area contributed by atoms with Crippen molar-refractivity contribution >= 4 is 5.91 Å². The lowest BCUT2D eigenvalue weighted by atomic mass is 9.92. The van der Waals surface area contributed by atoms with Crippen molar-refractivity contribution in [2.45, 2.75) is 37.8 Å². The van der Waals surface area contributed by atoms with Gasteiger partial charge in [0.2, 0.25) is 5.88 Å². The Bertz CT molecular complexity index is 1040. The molecule has 6 heteroatoms. The van der Waals surface area contributed by atoms with Crippen LogP contribution in [-0.2, 0) is 0 Å². The van der Waals surface area contributed by atoms with Gasteiger partial charge in [-0.15, -0.1) is 0 Å². The minimum absolute atomic E-state index is 0.0722. The van der Waals surface area contributed by atoms with Crippen molar-refractivity contribution in [3.63, 3.8) is 0 Å². The van der Waals surface area contributed by atoms with Crippen molar-refractivity contribution in [2.75, 3.05) is 0 Å². The number of hydrogen-bond acceptors (Lipinski definition) is 5. The normalized spacial score (nSPS) is 17.9. The highest BCUT2D eigenvalue weighted by atomic mass is 16.5. The number of carbonyl (C=O) groups excluding carboxylic acids is 1. The molecule has 1 aliphatic carbocycles. The molecule has 0 unspecified atom stereocenters. The van der Waals surface area contributed by atoms with Gasteiger partial charge in [0.15, 0.2) is 0 Å². The van der Waals surface area contributed by atoms with E-state index in [0.717, 1.165) is 31.4 Å². The summed E-state index contributed by atoms with van der Waals surface area (Å²) in [4.78, 5) is 16.8. The number of aromatic nitrogens is 1. The van der Waals surface area contributed by atoms with Gasteiger partial charge < -0.3 is 14.8 Å². The number of pyridine rings is 1. The Morgan fingerprint density at radius 2 is 1.65 bits per heavy atom. The number of hydrogen-bond donors (Lipinski definition) is 1. The second-order valence-electron chi connectivity index (χ2n) is 7.50. The molecular weight excluding hydrogens is 390 g/mol. The zero-order valence-electron chi connectivity index (χ0n) is 17.0. The summed E-state index contributed by atoms with van der Waals surface area (Å²) in [5, 5.41) is 12.0. The van der Waals surface area contributed by atoms with Crippen LogP contribution in [0.2, 0.25) is 0 Å². The molecule has 0 atom stereocenters. The van der Waals surface area contributed by atoms with Crippen LogP contribution >= 0.6 is 0 Å². The van der Waals surface area contributed by atoms with E-state index in [1.165, 1.54) is 6.20 Å². The van der Waals surface area contributed by atoms with Gasteiger partial charge in [0.25, 0.3) is 5.91 Å².